The summed E-state index contributed by atoms with van der Waals surface area (Å²) in [4.78, 5) is 4.37. The van der Waals surface area contributed by atoms with Crippen molar-refractivity contribution in [2.24, 2.45) is 7.05 Å². The van der Waals surface area contributed by atoms with Gasteiger partial charge in [-0.2, -0.15) is 0 Å². The van der Waals surface area contributed by atoms with Gasteiger partial charge >= 0.3 is 0 Å². The molecule has 0 saturated carbocycles. The number of nitrogens with zero attached hydrogens (tertiary/aromatic N) is 2. The van der Waals surface area contributed by atoms with E-state index in [1.54, 1.807) is 0 Å². The van der Waals surface area contributed by atoms with Crippen molar-refractivity contribution in [3.8, 4) is 0 Å². The maximum Gasteiger partial charge on any atom is 0.105 e. The fourth-order valence-corrected chi connectivity index (χ4v) is 0.865. The van der Waals surface area contributed by atoms with E-state index < -0.39 is 0 Å². The van der Waals surface area contributed by atoms with Gasteiger partial charge in [0.1, 0.15) is 5.82 Å². The molecule has 1 heterocycles. The summed E-state index contributed by atoms with van der Waals surface area (Å²) in [6.45, 7) is 6.33. The van der Waals surface area contributed by atoms with Crippen LogP contribution in [0.15, 0.2) is 6.20 Å². The lowest BCUT2D eigenvalue weighted by Gasteiger charge is -1.95. The van der Waals surface area contributed by atoms with Crippen LogP contribution < -0.4 is 0 Å². The van der Waals surface area contributed by atoms with E-state index in [4.69, 9.17) is 0 Å². The molecule has 0 aromatic carbocycles. The van der Waals surface area contributed by atoms with Crippen LogP contribution in [0.3, 0.4) is 0 Å². The summed E-state index contributed by atoms with van der Waals surface area (Å²) < 4.78 is 2.05. The molecule has 0 spiro atoms. The third-order valence-electron chi connectivity index (χ3n) is 1.72. The third-order valence-corrected chi connectivity index (χ3v) is 1.72. The maximum absolute atomic E-state index is 4.37. The number of hydrogen-bond acceptors (Lipinski definition) is 1. The molecule has 0 atom stereocenters. The molecule has 1 aromatic rings. The van der Waals surface area contributed by atoms with E-state index in [1.807, 2.05) is 14.0 Å². The van der Waals surface area contributed by atoms with Gasteiger partial charge in [-0.05, 0) is 12.8 Å². The highest BCUT2D eigenvalue weighted by Gasteiger charge is 2.03. The molecule has 0 aliphatic rings. The Hall–Kier alpha value is -0.790. The number of aromatic nitrogens is 2. The highest BCUT2D eigenvalue weighted by Crippen LogP contribution is 2.11. The number of hydrogen-bond donors (Lipinski definition) is 0. The van der Waals surface area contributed by atoms with Crippen LogP contribution in [-0.2, 0) is 7.05 Å². The number of imidazole rings is 1. The first-order valence-electron chi connectivity index (χ1n) is 3.61. The average molecular weight is 138 g/mol. The summed E-state index contributed by atoms with van der Waals surface area (Å²) in [6.07, 6.45) is 2.08. The Balaban J connectivity index is 2.98. The van der Waals surface area contributed by atoms with E-state index in [0.717, 1.165) is 5.82 Å². The van der Waals surface area contributed by atoms with Gasteiger partial charge in [0.15, 0.2) is 0 Å². The Kier molecular flexibility index (Phi) is 1.79. The lowest BCUT2D eigenvalue weighted by molar-refractivity contribution is 0.828. The molecule has 0 N–H and O–H groups in total. The number of rotatable bonds is 1. The molecular formula is C8H14N2. The molecule has 56 valence electrons. The largest absolute Gasteiger partial charge is 0.338 e. The van der Waals surface area contributed by atoms with Crippen LogP contribution in [0, 0.1) is 6.92 Å². The highest BCUT2D eigenvalue weighted by molar-refractivity contribution is 5.06. The first-order valence-corrected chi connectivity index (χ1v) is 3.61. The molecule has 2 heteroatoms. The van der Waals surface area contributed by atoms with Crippen molar-refractivity contribution in [1.29, 1.82) is 0 Å². The van der Waals surface area contributed by atoms with Gasteiger partial charge in [0, 0.05) is 13.2 Å². The van der Waals surface area contributed by atoms with Crippen molar-refractivity contribution in [2.75, 3.05) is 0 Å². The van der Waals surface area contributed by atoms with E-state index >= 15 is 0 Å². The van der Waals surface area contributed by atoms with Gasteiger partial charge in [0.2, 0.25) is 0 Å². The van der Waals surface area contributed by atoms with Crippen LogP contribution in [-0.4, -0.2) is 9.55 Å². The van der Waals surface area contributed by atoms with Crippen LogP contribution in [0.25, 0.3) is 0 Å². The van der Waals surface area contributed by atoms with Crippen molar-refractivity contribution >= 4 is 0 Å². The van der Waals surface area contributed by atoms with Gasteiger partial charge in [-0.1, -0.05) is 13.8 Å². The normalized spacial score (nSPS) is 10.9. The zero-order valence-corrected chi connectivity index (χ0v) is 7.05. The highest BCUT2D eigenvalue weighted by atomic mass is 15.0. The van der Waals surface area contributed by atoms with Gasteiger partial charge in [-0.25, -0.2) is 4.98 Å². The molecule has 10 heavy (non-hydrogen) atoms. The Labute approximate surface area is 61.9 Å². The molecule has 0 aliphatic carbocycles. The van der Waals surface area contributed by atoms with E-state index in [2.05, 4.69) is 29.6 Å². The molecule has 0 radical (unpaired) electrons. The topological polar surface area (TPSA) is 17.8 Å². The molecular weight excluding hydrogens is 124 g/mol. The summed E-state index contributed by atoms with van der Waals surface area (Å²) in [5.41, 5.74) is 1.18. The Morgan fingerprint density at radius 1 is 1.50 bits per heavy atom. The lowest BCUT2D eigenvalue weighted by atomic mass is 10.2. The fraction of sp³-hybridized carbons (Fsp3) is 0.625. The smallest absolute Gasteiger partial charge is 0.105 e. The second-order valence-corrected chi connectivity index (χ2v) is 2.98. The Morgan fingerprint density at radius 3 is 2.30 bits per heavy atom. The second-order valence-electron chi connectivity index (χ2n) is 2.98. The molecule has 0 amide bonds. The van der Waals surface area contributed by atoms with E-state index in [9.17, 15) is 0 Å². The fourth-order valence-electron chi connectivity index (χ4n) is 0.865. The molecule has 0 aliphatic heterocycles. The van der Waals surface area contributed by atoms with Crippen molar-refractivity contribution in [3.05, 3.63) is 17.7 Å². The SMILES string of the molecule is Cc1nc(C(C)C)cn1C. The summed E-state index contributed by atoms with van der Waals surface area (Å²) in [5.74, 6) is 1.63. The van der Waals surface area contributed by atoms with Crippen LogP contribution in [0.4, 0.5) is 0 Å². The quantitative estimate of drug-likeness (QED) is 0.579. The Bertz CT molecular complexity index is 204. The van der Waals surface area contributed by atoms with Crippen LogP contribution in [0.1, 0.15) is 31.3 Å². The summed E-state index contributed by atoms with van der Waals surface area (Å²) in [6, 6.07) is 0. The predicted octanol–water partition coefficient (Wildman–Crippen LogP) is 1.85. The maximum atomic E-state index is 4.37. The van der Waals surface area contributed by atoms with Crippen LogP contribution >= 0.6 is 0 Å². The summed E-state index contributed by atoms with van der Waals surface area (Å²) in [5, 5.41) is 0. The van der Waals surface area contributed by atoms with Gasteiger partial charge in [0.25, 0.3) is 0 Å². The summed E-state index contributed by atoms with van der Waals surface area (Å²) in [7, 11) is 2.02. The van der Waals surface area contributed by atoms with Gasteiger partial charge in [-0.3, -0.25) is 0 Å². The molecule has 1 rings (SSSR count). The zero-order valence-electron chi connectivity index (χ0n) is 7.05. The zero-order chi connectivity index (χ0) is 7.72. The third kappa shape index (κ3) is 1.20. The molecule has 0 fully saturated rings. The van der Waals surface area contributed by atoms with Gasteiger partial charge < -0.3 is 4.57 Å². The molecule has 0 unspecified atom stereocenters. The summed E-state index contributed by atoms with van der Waals surface area (Å²) >= 11 is 0. The van der Waals surface area contributed by atoms with Crippen molar-refractivity contribution in [1.82, 2.24) is 9.55 Å². The molecule has 2 nitrogen and oxygen atoms in total. The first-order chi connectivity index (χ1) is 4.61. The monoisotopic (exact) mass is 138 g/mol. The molecule has 1 aromatic heterocycles. The molecule has 0 saturated heterocycles. The Morgan fingerprint density at radius 2 is 2.10 bits per heavy atom. The lowest BCUT2D eigenvalue weighted by Crippen LogP contribution is -1.86. The second kappa shape index (κ2) is 2.45. The van der Waals surface area contributed by atoms with Crippen LogP contribution in [0.2, 0.25) is 0 Å². The standard InChI is InChI=1S/C8H14N2/c1-6(2)8-5-10(4)7(3)9-8/h5-6H,1-4H3. The minimum Gasteiger partial charge on any atom is -0.338 e. The van der Waals surface area contributed by atoms with Crippen LogP contribution in [0.5, 0.6) is 0 Å². The van der Waals surface area contributed by atoms with Crippen molar-refractivity contribution in [3.63, 3.8) is 0 Å². The predicted molar refractivity (Wildman–Crippen MR) is 42.0 cm³/mol. The van der Waals surface area contributed by atoms with Gasteiger partial charge in [-0.15, -0.1) is 0 Å². The van der Waals surface area contributed by atoms with Crippen molar-refractivity contribution in [2.45, 2.75) is 26.7 Å². The van der Waals surface area contributed by atoms with Crippen molar-refractivity contribution < 1.29 is 0 Å². The van der Waals surface area contributed by atoms with E-state index in [1.165, 1.54) is 5.69 Å². The van der Waals surface area contributed by atoms with E-state index in [0.29, 0.717) is 5.92 Å². The van der Waals surface area contributed by atoms with Gasteiger partial charge in [0.05, 0.1) is 5.69 Å². The molecule has 0 bridgehead atoms. The number of aryl methyl sites for hydroxylation is 2. The minimum atomic E-state index is 0.542. The average Bonchev–Trinajstić information content (AvgIpc) is 2.13. The minimum absolute atomic E-state index is 0.542. The van der Waals surface area contributed by atoms with E-state index in [-0.39, 0.29) is 0 Å². The first kappa shape index (κ1) is 7.32.